The van der Waals surface area contributed by atoms with Gasteiger partial charge in [0.2, 0.25) is 5.69 Å². The third-order valence-electron chi connectivity index (χ3n) is 4.63. The van der Waals surface area contributed by atoms with Crippen LogP contribution in [0.15, 0.2) is 105 Å². The van der Waals surface area contributed by atoms with Gasteiger partial charge in [0, 0.05) is 56.5 Å². The third-order valence-corrected chi connectivity index (χ3v) is 4.63. The lowest BCUT2D eigenvalue weighted by Gasteiger charge is -1.94. The molecule has 0 radical (unpaired) electrons. The van der Waals surface area contributed by atoms with Gasteiger partial charge in [-0.3, -0.25) is 24.9 Å². The molecule has 0 spiro atoms. The Bertz CT molecular complexity index is 1340. The summed E-state index contributed by atoms with van der Waals surface area (Å²) in [6.45, 7) is 13.4. The van der Waals surface area contributed by atoms with E-state index in [-0.39, 0.29) is 0 Å². The van der Waals surface area contributed by atoms with Crippen molar-refractivity contribution in [2.24, 2.45) is 0 Å². The molecule has 0 unspecified atom stereocenters. The molecule has 0 atom stereocenters. The minimum absolute atomic E-state index is 0.618. The van der Waals surface area contributed by atoms with E-state index in [0.29, 0.717) is 5.69 Å². The number of nitrogens with zero attached hydrogens (tertiary/aromatic N) is 12. The molecular formula is C31H38N12O. The van der Waals surface area contributed by atoms with Crippen LogP contribution >= 0.6 is 0 Å². The molecule has 6 rings (SSSR count). The summed E-state index contributed by atoms with van der Waals surface area (Å²) < 4.78 is 0.771. The van der Waals surface area contributed by atoms with Crippen molar-refractivity contribution < 1.29 is 4.73 Å². The van der Waals surface area contributed by atoms with E-state index in [2.05, 4.69) is 55.5 Å². The van der Waals surface area contributed by atoms with Gasteiger partial charge in [-0.15, -0.1) is 0 Å². The van der Waals surface area contributed by atoms with E-state index in [1.807, 2.05) is 65.8 Å². The lowest BCUT2D eigenvalue weighted by molar-refractivity contribution is -0.612. The van der Waals surface area contributed by atoms with Crippen molar-refractivity contribution in [2.45, 2.75) is 48.5 Å². The molecule has 13 heteroatoms. The summed E-state index contributed by atoms with van der Waals surface area (Å²) >= 11 is 0. The van der Waals surface area contributed by atoms with Crippen LogP contribution in [0, 0.1) is 53.7 Å². The average molecular weight is 595 g/mol. The highest BCUT2D eigenvalue weighted by molar-refractivity contribution is 5.01. The van der Waals surface area contributed by atoms with Gasteiger partial charge < -0.3 is 5.21 Å². The first kappa shape index (κ1) is 36.3. The Morgan fingerprint density at radius 1 is 0.500 bits per heavy atom. The lowest BCUT2D eigenvalue weighted by Crippen LogP contribution is -2.28. The topological polar surface area (TPSA) is 169 Å². The van der Waals surface area contributed by atoms with Crippen LogP contribution < -0.4 is 4.73 Å². The second-order valence-electron chi connectivity index (χ2n) is 8.90. The van der Waals surface area contributed by atoms with Crippen molar-refractivity contribution in [3.05, 3.63) is 150 Å². The first-order valence-electron chi connectivity index (χ1n) is 13.4. The summed E-state index contributed by atoms with van der Waals surface area (Å²) in [4.78, 5) is 19.5. The Morgan fingerprint density at radius 2 is 1.09 bits per heavy atom. The average Bonchev–Trinajstić information content (AvgIpc) is 3.02. The summed E-state index contributed by atoms with van der Waals surface area (Å²) in [6.07, 6.45) is 21.3. The van der Waals surface area contributed by atoms with Crippen LogP contribution in [0.5, 0.6) is 0 Å². The standard InChI is InChI=1S/C6H8N2.C5H6N2O.4C5H6N2/c1-5-3-7-4-6(2)8-5;1-5-4-6-2-3-7(5)8;1-5-4-6-2-3-7-5;2*1-5-2-3-6-7-4-5;1-5-3-2-4-6-7-5/h3-4H,1-2H3;2-4H,1H3;4*2-4H,1H3. The molecule has 13 nitrogen and oxygen atoms in total. The third kappa shape index (κ3) is 20.2. The molecule has 0 N–H and O–H groups in total. The number of hydrogen-bond acceptors (Lipinski definition) is 12. The van der Waals surface area contributed by atoms with Crippen LogP contribution in [0.25, 0.3) is 0 Å². The highest BCUT2D eigenvalue weighted by Gasteiger charge is 1.90. The molecule has 0 saturated carbocycles. The zero-order valence-corrected chi connectivity index (χ0v) is 26.1. The van der Waals surface area contributed by atoms with Crippen LogP contribution in [0.1, 0.15) is 39.6 Å². The van der Waals surface area contributed by atoms with E-state index < -0.39 is 0 Å². The second kappa shape index (κ2) is 22.9. The Hall–Kier alpha value is -5.72. The molecule has 0 aliphatic rings. The Labute approximate surface area is 258 Å². The highest BCUT2D eigenvalue weighted by Crippen LogP contribution is 1.90. The Kier molecular flexibility index (Phi) is 18.9. The van der Waals surface area contributed by atoms with Crippen LogP contribution in [0.4, 0.5) is 0 Å². The quantitative estimate of drug-likeness (QED) is 0.181. The van der Waals surface area contributed by atoms with E-state index in [0.717, 1.165) is 38.6 Å². The number of aromatic nitrogens is 12. The van der Waals surface area contributed by atoms with Crippen LogP contribution in [0.3, 0.4) is 0 Å². The molecule has 6 heterocycles. The largest absolute Gasteiger partial charge is 0.618 e. The maximum Gasteiger partial charge on any atom is 0.207 e. The van der Waals surface area contributed by atoms with Crippen molar-refractivity contribution in [1.29, 1.82) is 0 Å². The van der Waals surface area contributed by atoms with Crippen molar-refractivity contribution >= 4 is 0 Å². The molecular weight excluding hydrogens is 556 g/mol. The maximum absolute atomic E-state index is 10.5. The Balaban J connectivity index is 0.000000264. The minimum atomic E-state index is 0.618. The summed E-state index contributed by atoms with van der Waals surface area (Å²) in [6, 6.07) is 7.59. The smallest absolute Gasteiger partial charge is 0.207 e. The first-order chi connectivity index (χ1) is 21.2. The summed E-state index contributed by atoms with van der Waals surface area (Å²) in [7, 11) is 0. The van der Waals surface area contributed by atoms with E-state index in [9.17, 15) is 5.21 Å². The molecule has 44 heavy (non-hydrogen) atoms. The molecule has 0 saturated heterocycles. The molecule has 228 valence electrons. The molecule has 0 aliphatic carbocycles. The predicted octanol–water partition coefficient (Wildman–Crippen LogP) is 4.26. The fourth-order valence-corrected chi connectivity index (χ4v) is 2.48. The van der Waals surface area contributed by atoms with Crippen LogP contribution in [-0.2, 0) is 0 Å². The van der Waals surface area contributed by atoms with Crippen molar-refractivity contribution in [2.75, 3.05) is 0 Å². The van der Waals surface area contributed by atoms with Gasteiger partial charge in [0.25, 0.3) is 0 Å². The minimum Gasteiger partial charge on any atom is -0.618 e. The monoisotopic (exact) mass is 594 g/mol. The zero-order chi connectivity index (χ0) is 32.4. The highest BCUT2D eigenvalue weighted by atomic mass is 16.5. The molecule has 0 fully saturated rings. The second-order valence-corrected chi connectivity index (χ2v) is 8.90. The molecule has 0 aliphatic heterocycles. The normalized spacial score (nSPS) is 8.89. The molecule has 0 bridgehead atoms. The molecule has 6 aromatic rings. The van der Waals surface area contributed by atoms with E-state index in [4.69, 9.17) is 0 Å². The van der Waals surface area contributed by atoms with Crippen molar-refractivity contribution in [3.63, 3.8) is 0 Å². The van der Waals surface area contributed by atoms with Gasteiger partial charge in [0.1, 0.15) is 0 Å². The van der Waals surface area contributed by atoms with Crippen molar-refractivity contribution in [1.82, 2.24) is 55.5 Å². The predicted molar refractivity (Wildman–Crippen MR) is 167 cm³/mol. The van der Waals surface area contributed by atoms with Gasteiger partial charge in [-0.1, -0.05) is 0 Å². The SMILES string of the molecule is Cc1cccnn1.Cc1ccnnc1.Cc1ccnnc1.Cc1cncc(C)n1.Cc1cncc[n+]1[O-].Cc1cnccn1. The van der Waals surface area contributed by atoms with Gasteiger partial charge >= 0.3 is 0 Å². The van der Waals surface area contributed by atoms with Crippen LogP contribution in [0.2, 0.25) is 0 Å². The maximum atomic E-state index is 10.5. The van der Waals surface area contributed by atoms with Gasteiger partial charge in [-0.25, -0.2) is 0 Å². The van der Waals surface area contributed by atoms with E-state index in [1.54, 1.807) is 68.9 Å². The van der Waals surface area contributed by atoms with Gasteiger partial charge in [-0.05, 0) is 76.9 Å². The fourth-order valence-electron chi connectivity index (χ4n) is 2.48. The zero-order valence-electron chi connectivity index (χ0n) is 26.1. The van der Waals surface area contributed by atoms with Gasteiger partial charge in [0.05, 0.1) is 47.6 Å². The Morgan fingerprint density at radius 3 is 1.34 bits per heavy atom. The first-order valence-corrected chi connectivity index (χ1v) is 13.4. The number of rotatable bonds is 0. The molecule has 0 amide bonds. The summed E-state index contributed by atoms with van der Waals surface area (Å²) in [5.74, 6) is 0. The molecule has 6 aromatic heterocycles. The number of hydrogen-bond donors (Lipinski definition) is 0. The van der Waals surface area contributed by atoms with E-state index >= 15 is 0 Å². The van der Waals surface area contributed by atoms with Crippen molar-refractivity contribution in [3.8, 4) is 0 Å². The summed E-state index contributed by atoms with van der Waals surface area (Å²) in [5, 5.41) is 32.3. The van der Waals surface area contributed by atoms with Gasteiger partial charge in [0.15, 0.2) is 6.20 Å². The number of aryl methyl sites for hydroxylation is 7. The summed E-state index contributed by atoms with van der Waals surface area (Å²) in [5.41, 5.74) is 6.79. The fraction of sp³-hybridized carbons (Fsp3) is 0.226. The van der Waals surface area contributed by atoms with E-state index in [1.165, 1.54) is 18.6 Å². The molecule has 0 aromatic carbocycles. The van der Waals surface area contributed by atoms with Crippen LogP contribution in [-0.4, -0.2) is 55.5 Å². The lowest BCUT2D eigenvalue weighted by atomic mass is 10.4. The van der Waals surface area contributed by atoms with Gasteiger partial charge in [-0.2, -0.15) is 35.3 Å².